The summed E-state index contributed by atoms with van der Waals surface area (Å²) in [6.07, 6.45) is 3.83. The Kier molecular flexibility index (Phi) is 4.10. The minimum Gasteiger partial charge on any atom is -0.306 e. The third-order valence-corrected chi connectivity index (χ3v) is 2.90. The Bertz CT molecular complexity index is 507. The van der Waals surface area contributed by atoms with Crippen LogP contribution in [0.2, 0.25) is 0 Å². The molecule has 3 nitrogen and oxygen atoms in total. The van der Waals surface area contributed by atoms with Crippen molar-refractivity contribution in [2.75, 3.05) is 6.54 Å². The molecule has 0 saturated heterocycles. The zero-order chi connectivity index (χ0) is 13.0. The molecule has 1 N–H and O–H groups in total. The summed E-state index contributed by atoms with van der Waals surface area (Å²) in [5, 5.41) is 7.63. The van der Waals surface area contributed by atoms with Crippen LogP contribution >= 0.6 is 0 Å². The second-order valence-electron chi connectivity index (χ2n) is 4.18. The molecule has 18 heavy (non-hydrogen) atoms. The van der Waals surface area contributed by atoms with Gasteiger partial charge in [0.15, 0.2) is 0 Å². The molecule has 0 fully saturated rings. The van der Waals surface area contributed by atoms with Crippen LogP contribution in [0.5, 0.6) is 0 Å². The molecule has 0 bridgehead atoms. The number of nitrogens with zero attached hydrogens (tertiary/aromatic N) is 2. The predicted octanol–water partition coefficient (Wildman–Crippen LogP) is 2.74. The Morgan fingerprint density at radius 3 is 2.78 bits per heavy atom. The minimum atomic E-state index is -0.210. The number of halogens is 1. The smallest absolute Gasteiger partial charge is 0.123 e. The van der Waals surface area contributed by atoms with E-state index >= 15 is 0 Å². The van der Waals surface area contributed by atoms with Gasteiger partial charge < -0.3 is 5.32 Å². The van der Waals surface area contributed by atoms with E-state index in [1.54, 1.807) is 12.1 Å². The highest BCUT2D eigenvalue weighted by molar-refractivity contribution is 5.29. The molecule has 0 aliphatic rings. The highest BCUT2D eigenvalue weighted by Crippen LogP contribution is 2.22. The SMILES string of the molecule is CCNC(c1cccc(F)c1)c1cnn(CC)c1. The summed E-state index contributed by atoms with van der Waals surface area (Å²) in [6.45, 7) is 5.73. The lowest BCUT2D eigenvalue weighted by atomic mass is 10.0. The molecule has 0 saturated carbocycles. The molecule has 1 heterocycles. The van der Waals surface area contributed by atoms with Gasteiger partial charge >= 0.3 is 0 Å². The molecular weight excluding hydrogens is 229 g/mol. The Morgan fingerprint density at radius 2 is 2.17 bits per heavy atom. The van der Waals surface area contributed by atoms with Crippen molar-refractivity contribution in [1.29, 1.82) is 0 Å². The molecule has 0 spiro atoms. The van der Waals surface area contributed by atoms with Gasteiger partial charge in [-0.2, -0.15) is 5.10 Å². The van der Waals surface area contributed by atoms with E-state index in [4.69, 9.17) is 0 Å². The van der Waals surface area contributed by atoms with E-state index in [1.807, 2.05) is 37.0 Å². The molecule has 96 valence electrons. The fraction of sp³-hybridized carbons (Fsp3) is 0.357. The van der Waals surface area contributed by atoms with Crippen LogP contribution in [0.3, 0.4) is 0 Å². The summed E-state index contributed by atoms with van der Waals surface area (Å²) in [6, 6.07) is 6.68. The summed E-state index contributed by atoms with van der Waals surface area (Å²) in [5.41, 5.74) is 1.98. The van der Waals surface area contributed by atoms with Gasteiger partial charge in [0.25, 0.3) is 0 Å². The molecule has 0 aliphatic heterocycles. The molecule has 0 amide bonds. The quantitative estimate of drug-likeness (QED) is 0.880. The van der Waals surface area contributed by atoms with Gasteiger partial charge in [0.1, 0.15) is 5.82 Å². The van der Waals surface area contributed by atoms with E-state index in [2.05, 4.69) is 10.4 Å². The standard InChI is InChI=1S/C14H18FN3/c1-3-16-14(11-6-5-7-13(15)8-11)12-9-17-18(4-2)10-12/h5-10,14,16H,3-4H2,1-2H3. The summed E-state index contributed by atoms with van der Waals surface area (Å²) >= 11 is 0. The number of aromatic nitrogens is 2. The average molecular weight is 247 g/mol. The van der Waals surface area contributed by atoms with Crippen LogP contribution in [-0.2, 0) is 6.54 Å². The monoisotopic (exact) mass is 247 g/mol. The fourth-order valence-electron chi connectivity index (χ4n) is 2.02. The molecule has 1 aromatic carbocycles. The van der Waals surface area contributed by atoms with Crippen molar-refractivity contribution in [3.63, 3.8) is 0 Å². The number of hydrogen-bond acceptors (Lipinski definition) is 2. The van der Waals surface area contributed by atoms with Crippen molar-refractivity contribution in [3.8, 4) is 0 Å². The van der Waals surface area contributed by atoms with Crippen LogP contribution in [0.25, 0.3) is 0 Å². The lowest BCUT2D eigenvalue weighted by molar-refractivity contribution is 0.601. The van der Waals surface area contributed by atoms with Gasteiger partial charge in [-0.05, 0) is 31.2 Å². The first kappa shape index (κ1) is 12.8. The van der Waals surface area contributed by atoms with Gasteiger partial charge in [0.2, 0.25) is 0 Å². The summed E-state index contributed by atoms with van der Waals surface area (Å²) in [5.74, 6) is -0.210. The van der Waals surface area contributed by atoms with E-state index in [0.29, 0.717) is 0 Å². The maximum atomic E-state index is 13.3. The summed E-state index contributed by atoms with van der Waals surface area (Å²) in [7, 11) is 0. The Labute approximate surface area is 107 Å². The molecule has 1 aromatic heterocycles. The van der Waals surface area contributed by atoms with E-state index in [-0.39, 0.29) is 11.9 Å². The van der Waals surface area contributed by atoms with Crippen LogP contribution in [-0.4, -0.2) is 16.3 Å². The maximum Gasteiger partial charge on any atom is 0.123 e. The predicted molar refractivity (Wildman–Crippen MR) is 69.8 cm³/mol. The molecule has 1 unspecified atom stereocenters. The Balaban J connectivity index is 2.33. The molecule has 2 aromatic rings. The van der Waals surface area contributed by atoms with Crippen molar-refractivity contribution in [3.05, 3.63) is 53.6 Å². The van der Waals surface area contributed by atoms with Crippen molar-refractivity contribution in [2.45, 2.75) is 26.4 Å². The first-order chi connectivity index (χ1) is 8.74. The normalized spacial score (nSPS) is 12.6. The first-order valence-electron chi connectivity index (χ1n) is 6.25. The third kappa shape index (κ3) is 2.76. The highest BCUT2D eigenvalue weighted by Gasteiger charge is 2.15. The summed E-state index contributed by atoms with van der Waals surface area (Å²) < 4.78 is 15.2. The second kappa shape index (κ2) is 5.78. The van der Waals surface area contributed by atoms with Gasteiger partial charge in [-0.3, -0.25) is 4.68 Å². The van der Waals surface area contributed by atoms with E-state index in [0.717, 1.165) is 24.2 Å². The van der Waals surface area contributed by atoms with Crippen LogP contribution in [0.1, 0.15) is 31.0 Å². The van der Waals surface area contributed by atoms with Gasteiger partial charge in [-0.15, -0.1) is 0 Å². The minimum absolute atomic E-state index is 0.00833. The fourth-order valence-corrected chi connectivity index (χ4v) is 2.02. The van der Waals surface area contributed by atoms with Crippen molar-refractivity contribution < 1.29 is 4.39 Å². The van der Waals surface area contributed by atoms with Gasteiger partial charge in [0, 0.05) is 18.3 Å². The maximum absolute atomic E-state index is 13.3. The van der Waals surface area contributed by atoms with Crippen molar-refractivity contribution in [1.82, 2.24) is 15.1 Å². The van der Waals surface area contributed by atoms with Crippen LogP contribution in [0.15, 0.2) is 36.7 Å². The van der Waals surface area contributed by atoms with Crippen LogP contribution in [0, 0.1) is 5.82 Å². The second-order valence-corrected chi connectivity index (χ2v) is 4.18. The summed E-state index contributed by atoms with van der Waals surface area (Å²) in [4.78, 5) is 0. The van der Waals surface area contributed by atoms with Gasteiger partial charge in [0.05, 0.1) is 12.2 Å². The lowest BCUT2D eigenvalue weighted by Gasteiger charge is -2.16. The third-order valence-electron chi connectivity index (χ3n) is 2.90. The van der Waals surface area contributed by atoms with Crippen molar-refractivity contribution in [2.24, 2.45) is 0 Å². The lowest BCUT2D eigenvalue weighted by Crippen LogP contribution is -2.21. The van der Waals surface area contributed by atoms with Crippen LogP contribution in [0.4, 0.5) is 4.39 Å². The van der Waals surface area contributed by atoms with Gasteiger partial charge in [-0.25, -0.2) is 4.39 Å². The van der Waals surface area contributed by atoms with E-state index < -0.39 is 0 Å². The van der Waals surface area contributed by atoms with Crippen LogP contribution < -0.4 is 5.32 Å². The number of hydrogen-bond donors (Lipinski definition) is 1. The Morgan fingerprint density at radius 1 is 1.33 bits per heavy atom. The molecule has 1 atom stereocenters. The first-order valence-corrected chi connectivity index (χ1v) is 6.25. The number of benzene rings is 1. The largest absolute Gasteiger partial charge is 0.306 e. The Hall–Kier alpha value is -1.68. The zero-order valence-electron chi connectivity index (χ0n) is 10.7. The van der Waals surface area contributed by atoms with E-state index in [9.17, 15) is 4.39 Å². The molecule has 0 aliphatic carbocycles. The number of rotatable bonds is 5. The van der Waals surface area contributed by atoms with Crippen molar-refractivity contribution >= 4 is 0 Å². The zero-order valence-corrected chi connectivity index (χ0v) is 10.7. The molecule has 4 heteroatoms. The average Bonchev–Trinajstić information content (AvgIpc) is 2.84. The van der Waals surface area contributed by atoms with Gasteiger partial charge in [-0.1, -0.05) is 19.1 Å². The topological polar surface area (TPSA) is 29.9 Å². The number of aryl methyl sites for hydroxylation is 1. The molecular formula is C14H18FN3. The molecule has 2 rings (SSSR count). The van der Waals surface area contributed by atoms with E-state index in [1.165, 1.54) is 6.07 Å². The molecule has 0 radical (unpaired) electrons. The number of nitrogens with one attached hydrogen (secondary N) is 1. The highest BCUT2D eigenvalue weighted by atomic mass is 19.1.